The van der Waals surface area contributed by atoms with Gasteiger partial charge in [0.15, 0.2) is 0 Å². The Morgan fingerprint density at radius 1 is 1.50 bits per heavy atom. The highest BCUT2D eigenvalue weighted by Gasteiger charge is 2.25. The van der Waals surface area contributed by atoms with Gasteiger partial charge in [-0.1, -0.05) is 12.1 Å². The highest BCUT2D eigenvalue weighted by molar-refractivity contribution is 7.99. The topological polar surface area (TPSA) is 53.1 Å². The molecule has 0 spiro atoms. The number of nitrogens with zero attached hydrogens (tertiary/aromatic N) is 2. The fourth-order valence-electron chi connectivity index (χ4n) is 2.37. The first-order chi connectivity index (χ1) is 9.74. The predicted molar refractivity (Wildman–Crippen MR) is 81.1 cm³/mol. The van der Waals surface area contributed by atoms with E-state index in [0.29, 0.717) is 0 Å². The molecule has 0 amide bonds. The van der Waals surface area contributed by atoms with Gasteiger partial charge < -0.3 is 15.0 Å². The summed E-state index contributed by atoms with van der Waals surface area (Å²) in [6.45, 7) is 0. The molecule has 0 fully saturated rings. The van der Waals surface area contributed by atoms with Crippen LogP contribution >= 0.6 is 11.8 Å². The van der Waals surface area contributed by atoms with E-state index in [1.165, 1.54) is 4.90 Å². The maximum absolute atomic E-state index is 6.30. The van der Waals surface area contributed by atoms with Gasteiger partial charge >= 0.3 is 0 Å². The molecule has 3 rings (SSSR count). The van der Waals surface area contributed by atoms with Crippen LogP contribution in [0.1, 0.15) is 12.2 Å². The zero-order valence-corrected chi connectivity index (χ0v) is 12.3. The van der Waals surface area contributed by atoms with Crippen LogP contribution in [0.3, 0.4) is 0 Å². The number of aromatic nitrogens is 2. The molecule has 1 aliphatic rings. The minimum absolute atomic E-state index is 0.0348. The van der Waals surface area contributed by atoms with Gasteiger partial charge in [-0.3, -0.25) is 0 Å². The van der Waals surface area contributed by atoms with E-state index in [2.05, 4.69) is 11.1 Å². The van der Waals surface area contributed by atoms with Crippen molar-refractivity contribution in [1.82, 2.24) is 9.55 Å². The highest BCUT2D eigenvalue weighted by atomic mass is 32.2. The molecule has 0 saturated heterocycles. The molecule has 0 saturated carbocycles. The standard InChI is InChI=1S/C15H19N3OS/c1-18-9-8-17-15(18)7-6-11(16)13-10-20-14-5-3-2-4-12(14)19-13/h2-5,8-9,11,13H,6-7,10,16H2,1H3. The van der Waals surface area contributed by atoms with Crippen LogP contribution < -0.4 is 10.5 Å². The summed E-state index contributed by atoms with van der Waals surface area (Å²) in [4.78, 5) is 5.54. The SMILES string of the molecule is Cn1ccnc1CCC(N)C1CSc2ccccc2O1. The number of para-hydroxylation sites is 1. The molecule has 1 aromatic heterocycles. The molecule has 2 N–H and O–H groups in total. The third kappa shape index (κ3) is 2.83. The van der Waals surface area contributed by atoms with E-state index in [9.17, 15) is 0 Å². The molecule has 2 aromatic rings. The molecule has 1 aliphatic heterocycles. The maximum Gasteiger partial charge on any atom is 0.133 e. The summed E-state index contributed by atoms with van der Waals surface area (Å²) in [6.07, 6.45) is 5.64. The Kier molecular flexibility index (Phi) is 3.98. The summed E-state index contributed by atoms with van der Waals surface area (Å²) in [5, 5.41) is 0. The summed E-state index contributed by atoms with van der Waals surface area (Å²) in [6, 6.07) is 8.18. The van der Waals surface area contributed by atoms with Crippen molar-refractivity contribution in [1.29, 1.82) is 0 Å². The lowest BCUT2D eigenvalue weighted by molar-refractivity contribution is 0.180. The molecule has 5 heteroatoms. The maximum atomic E-state index is 6.30. The zero-order chi connectivity index (χ0) is 13.9. The second kappa shape index (κ2) is 5.89. The number of fused-ring (bicyclic) bond motifs is 1. The molecule has 2 atom stereocenters. The van der Waals surface area contributed by atoms with E-state index >= 15 is 0 Å². The summed E-state index contributed by atoms with van der Waals surface area (Å²) < 4.78 is 8.06. The number of nitrogens with two attached hydrogens (primary N) is 1. The van der Waals surface area contributed by atoms with E-state index in [4.69, 9.17) is 10.5 Å². The fraction of sp³-hybridized carbons (Fsp3) is 0.400. The normalized spacial score (nSPS) is 19.2. The smallest absolute Gasteiger partial charge is 0.133 e. The van der Waals surface area contributed by atoms with Crippen LogP contribution in [0.15, 0.2) is 41.6 Å². The first kappa shape index (κ1) is 13.5. The Hall–Kier alpha value is -1.46. The van der Waals surface area contributed by atoms with Gasteiger partial charge in [-0.05, 0) is 18.6 Å². The largest absolute Gasteiger partial charge is 0.487 e. The quantitative estimate of drug-likeness (QED) is 0.938. The highest BCUT2D eigenvalue weighted by Crippen LogP contribution is 2.35. The van der Waals surface area contributed by atoms with Crippen LogP contribution in [-0.4, -0.2) is 27.4 Å². The first-order valence-corrected chi connectivity index (χ1v) is 7.83. The van der Waals surface area contributed by atoms with Gasteiger partial charge in [-0.25, -0.2) is 4.98 Å². The first-order valence-electron chi connectivity index (χ1n) is 6.84. The molecule has 2 unspecified atom stereocenters. The Morgan fingerprint density at radius 3 is 3.15 bits per heavy atom. The monoisotopic (exact) mass is 289 g/mol. The number of thioether (sulfide) groups is 1. The van der Waals surface area contributed by atoms with Crippen molar-refractivity contribution in [3.63, 3.8) is 0 Å². The van der Waals surface area contributed by atoms with Crippen LogP contribution in [-0.2, 0) is 13.5 Å². The van der Waals surface area contributed by atoms with Crippen molar-refractivity contribution in [2.45, 2.75) is 29.9 Å². The van der Waals surface area contributed by atoms with Gasteiger partial charge in [0.25, 0.3) is 0 Å². The second-order valence-corrected chi connectivity index (χ2v) is 6.13. The van der Waals surface area contributed by atoms with Crippen molar-refractivity contribution in [2.75, 3.05) is 5.75 Å². The Morgan fingerprint density at radius 2 is 2.35 bits per heavy atom. The molecule has 2 heterocycles. The molecule has 0 bridgehead atoms. The van der Waals surface area contributed by atoms with Gasteiger partial charge in [-0.15, -0.1) is 11.8 Å². The number of imidazole rings is 1. The van der Waals surface area contributed by atoms with E-state index in [1.54, 1.807) is 0 Å². The number of hydrogen-bond acceptors (Lipinski definition) is 4. The van der Waals surface area contributed by atoms with Crippen molar-refractivity contribution in [2.24, 2.45) is 12.8 Å². The van der Waals surface area contributed by atoms with E-state index in [-0.39, 0.29) is 12.1 Å². The molecule has 106 valence electrons. The van der Waals surface area contributed by atoms with Crippen molar-refractivity contribution in [3.8, 4) is 5.75 Å². The fourth-order valence-corrected chi connectivity index (χ4v) is 3.46. The lowest BCUT2D eigenvalue weighted by atomic mass is 10.1. The van der Waals surface area contributed by atoms with Crippen LogP contribution in [0.4, 0.5) is 0 Å². The van der Waals surface area contributed by atoms with Crippen molar-refractivity contribution >= 4 is 11.8 Å². The molecule has 0 radical (unpaired) electrons. The van der Waals surface area contributed by atoms with Gasteiger partial charge in [0, 0.05) is 42.6 Å². The molecular weight excluding hydrogens is 270 g/mol. The lowest BCUT2D eigenvalue weighted by Crippen LogP contribution is -2.42. The number of rotatable bonds is 4. The second-order valence-electron chi connectivity index (χ2n) is 5.07. The van der Waals surface area contributed by atoms with Crippen LogP contribution in [0.2, 0.25) is 0 Å². The Bertz CT molecular complexity index is 584. The summed E-state index contributed by atoms with van der Waals surface area (Å²) in [5.74, 6) is 2.95. The minimum atomic E-state index is 0.0348. The van der Waals surface area contributed by atoms with Crippen molar-refractivity contribution < 1.29 is 4.74 Å². The van der Waals surface area contributed by atoms with Crippen LogP contribution in [0.25, 0.3) is 0 Å². The predicted octanol–water partition coefficient (Wildman–Crippen LogP) is 2.23. The minimum Gasteiger partial charge on any atom is -0.487 e. The summed E-state index contributed by atoms with van der Waals surface area (Å²) in [7, 11) is 2.01. The van der Waals surface area contributed by atoms with Crippen molar-refractivity contribution in [3.05, 3.63) is 42.5 Å². The zero-order valence-electron chi connectivity index (χ0n) is 11.5. The molecule has 1 aromatic carbocycles. The third-order valence-corrected chi connectivity index (χ3v) is 4.77. The Labute approximate surface area is 123 Å². The molecule has 20 heavy (non-hydrogen) atoms. The lowest BCUT2D eigenvalue weighted by Gasteiger charge is -2.29. The Balaban J connectivity index is 1.59. The number of benzene rings is 1. The number of ether oxygens (including phenoxy) is 1. The number of hydrogen-bond donors (Lipinski definition) is 1. The van der Waals surface area contributed by atoms with Crippen LogP contribution in [0.5, 0.6) is 5.75 Å². The molecule has 4 nitrogen and oxygen atoms in total. The van der Waals surface area contributed by atoms with Gasteiger partial charge in [-0.2, -0.15) is 0 Å². The average molecular weight is 289 g/mol. The van der Waals surface area contributed by atoms with E-state index in [0.717, 1.165) is 30.2 Å². The summed E-state index contributed by atoms with van der Waals surface area (Å²) in [5.41, 5.74) is 6.30. The van der Waals surface area contributed by atoms with E-state index in [1.807, 2.05) is 54.0 Å². The third-order valence-electron chi connectivity index (χ3n) is 3.63. The van der Waals surface area contributed by atoms with Gasteiger partial charge in [0.1, 0.15) is 17.7 Å². The molecule has 0 aliphatic carbocycles. The van der Waals surface area contributed by atoms with Gasteiger partial charge in [0.05, 0.1) is 0 Å². The molecular formula is C15H19N3OS. The number of aryl methyl sites for hydroxylation is 2. The van der Waals surface area contributed by atoms with Gasteiger partial charge in [0.2, 0.25) is 0 Å². The van der Waals surface area contributed by atoms with E-state index < -0.39 is 0 Å². The summed E-state index contributed by atoms with van der Waals surface area (Å²) >= 11 is 1.83. The van der Waals surface area contributed by atoms with Crippen LogP contribution in [0, 0.1) is 0 Å². The average Bonchev–Trinajstić information content (AvgIpc) is 2.89.